The Morgan fingerprint density at radius 3 is 2.41 bits per heavy atom. The molecule has 0 aromatic heterocycles. The Hall–Kier alpha value is -2.82. The average Bonchev–Trinajstić information content (AvgIpc) is 3.00. The zero-order valence-corrected chi connectivity index (χ0v) is 17.6. The fourth-order valence-corrected chi connectivity index (χ4v) is 3.93. The maximum Gasteiger partial charge on any atom is 0.256 e. The minimum absolute atomic E-state index is 0.0595. The van der Waals surface area contributed by atoms with Gasteiger partial charge in [0.1, 0.15) is 6.17 Å². The monoisotopic (exact) mass is 393 g/mol. The summed E-state index contributed by atoms with van der Waals surface area (Å²) in [6, 6.07) is 15.4. The van der Waals surface area contributed by atoms with Gasteiger partial charge < -0.3 is 15.1 Å². The number of benzene rings is 2. The van der Waals surface area contributed by atoms with E-state index in [9.17, 15) is 9.59 Å². The van der Waals surface area contributed by atoms with E-state index in [4.69, 9.17) is 0 Å². The molecule has 154 valence electrons. The van der Waals surface area contributed by atoms with Crippen LogP contribution in [0.3, 0.4) is 0 Å². The number of carbonyl (C=O) groups is 2. The minimum atomic E-state index is -0.216. The van der Waals surface area contributed by atoms with Crippen LogP contribution in [0.5, 0.6) is 0 Å². The van der Waals surface area contributed by atoms with Crippen LogP contribution in [0.4, 0.5) is 5.69 Å². The Kier molecular flexibility index (Phi) is 6.91. The number of carbonyl (C=O) groups excluding carboxylic acids is 2. The first-order valence-electron chi connectivity index (χ1n) is 10.7. The fraction of sp³-hybridized carbons (Fsp3) is 0.417. The van der Waals surface area contributed by atoms with Crippen molar-refractivity contribution in [3.8, 4) is 0 Å². The lowest BCUT2D eigenvalue weighted by Crippen LogP contribution is -2.33. The van der Waals surface area contributed by atoms with Crippen LogP contribution in [0.25, 0.3) is 0 Å². The summed E-state index contributed by atoms with van der Waals surface area (Å²) in [5.74, 6) is 0.120. The molecule has 2 aromatic carbocycles. The van der Waals surface area contributed by atoms with Gasteiger partial charge >= 0.3 is 0 Å². The van der Waals surface area contributed by atoms with Crippen LogP contribution in [0.1, 0.15) is 72.5 Å². The Bertz CT molecular complexity index is 859. The molecule has 3 rings (SSSR count). The van der Waals surface area contributed by atoms with Crippen molar-refractivity contribution in [2.24, 2.45) is 0 Å². The lowest BCUT2D eigenvalue weighted by molar-refractivity contribution is 0.0738. The molecule has 0 aliphatic carbocycles. The standard InChI is InChI=1S/C24H31N3O2/c1-4-14-26(15-5-2)23(28)18-10-9-11-19(17-18)25-22-20-12-7-8-13-21(20)24(29)27(22)16-6-3/h7-13,17,22,25H,4-6,14-16H2,1-3H3. The lowest BCUT2D eigenvalue weighted by atomic mass is 10.1. The van der Waals surface area contributed by atoms with E-state index in [0.29, 0.717) is 12.1 Å². The van der Waals surface area contributed by atoms with Gasteiger partial charge in [-0.2, -0.15) is 0 Å². The second-order valence-electron chi connectivity index (χ2n) is 7.51. The van der Waals surface area contributed by atoms with E-state index in [1.165, 1.54) is 0 Å². The second-order valence-corrected chi connectivity index (χ2v) is 7.51. The summed E-state index contributed by atoms with van der Waals surface area (Å²) in [5.41, 5.74) is 3.26. The number of amides is 2. The minimum Gasteiger partial charge on any atom is -0.361 e. The molecule has 5 heteroatoms. The molecule has 1 heterocycles. The van der Waals surface area contributed by atoms with Gasteiger partial charge in [-0.1, -0.05) is 45.0 Å². The highest BCUT2D eigenvalue weighted by atomic mass is 16.2. The highest BCUT2D eigenvalue weighted by molar-refractivity contribution is 5.99. The Morgan fingerprint density at radius 2 is 1.72 bits per heavy atom. The van der Waals surface area contributed by atoms with Gasteiger partial charge in [-0.05, 0) is 43.5 Å². The van der Waals surface area contributed by atoms with E-state index in [1.807, 2.05) is 58.3 Å². The van der Waals surface area contributed by atoms with Crippen molar-refractivity contribution in [3.05, 3.63) is 65.2 Å². The van der Waals surface area contributed by atoms with Crippen molar-refractivity contribution in [1.29, 1.82) is 0 Å². The molecule has 29 heavy (non-hydrogen) atoms. The summed E-state index contributed by atoms with van der Waals surface area (Å²) < 4.78 is 0. The normalized spacial score (nSPS) is 15.3. The first-order valence-corrected chi connectivity index (χ1v) is 10.7. The molecule has 0 saturated heterocycles. The third-order valence-electron chi connectivity index (χ3n) is 5.21. The van der Waals surface area contributed by atoms with Gasteiger partial charge in [0.2, 0.25) is 0 Å². The largest absolute Gasteiger partial charge is 0.361 e. The number of anilines is 1. The molecule has 2 amide bonds. The molecule has 1 N–H and O–H groups in total. The first kappa shape index (κ1) is 20.9. The van der Waals surface area contributed by atoms with Gasteiger partial charge in [-0.15, -0.1) is 0 Å². The molecule has 5 nitrogen and oxygen atoms in total. The van der Waals surface area contributed by atoms with Crippen LogP contribution in [0, 0.1) is 0 Å². The molecular formula is C24H31N3O2. The summed E-state index contributed by atoms with van der Waals surface area (Å²) in [4.78, 5) is 29.6. The zero-order valence-electron chi connectivity index (χ0n) is 17.6. The summed E-state index contributed by atoms with van der Waals surface area (Å²) in [6.45, 7) is 8.46. The van der Waals surface area contributed by atoms with Gasteiger partial charge in [-0.25, -0.2) is 0 Å². The number of fused-ring (bicyclic) bond motifs is 1. The molecular weight excluding hydrogens is 362 g/mol. The molecule has 0 saturated carbocycles. The predicted octanol–water partition coefficient (Wildman–Crippen LogP) is 4.93. The Morgan fingerprint density at radius 1 is 1.00 bits per heavy atom. The van der Waals surface area contributed by atoms with Crippen LogP contribution in [-0.4, -0.2) is 41.2 Å². The maximum atomic E-state index is 13.0. The van der Waals surface area contributed by atoms with Crippen molar-refractivity contribution in [2.75, 3.05) is 25.0 Å². The number of nitrogens with one attached hydrogen (secondary N) is 1. The summed E-state index contributed by atoms with van der Waals surface area (Å²) in [7, 11) is 0. The SMILES string of the molecule is CCCN(CCC)C(=O)c1cccc(NC2c3ccccc3C(=O)N2CCC)c1. The van der Waals surface area contributed by atoms with Gasteiger partial charge in [-0.3, -0.25) is 9.59 Å². The molecule has 0 bridgehead atoms. The summed E-state index contributed by atoms with van der Waals surface area (Å²) in [5, 5.41) is 3.49. The highest BCUT2D eigenvalue weighted by Crippen LogP contribution is 2.34. The van der Waals surface area contributed by atoms with E-state index in [0.717, 1.165) is 49.2 Å². The van der Waals surface area contributed by atoms with E-state index < -0.39 is 0 Å². The number of rotatable bonds is 9. The predicted molar refractivity (Wildman–Crippen MR) is 117 cm³/mol. The van der Waals surface area contributed by atoms with Crippen LogP contribution in [0.2, 0.25) is 0 Å². The van der Waals surface area contributed by atoms with Crippen molar-refractivity contribution < 1.29 is 9.59 Å². The molecule has 1 unspecified atom stereocenters. The zero-order chi connectivity index (χ0) is 20.8. The summed E-state index contributed by atoms with van der Waals surface area (Å²) in [6.07, 6.45) is 2.55. The van der Waals surface area contributed by atoms with Crippen LogP contribution < -0.4 is 5.32 Å². The van der Waals surface area contributed by atoms with E-state index in [-0.39, 0.29) is 18.0 Å². The van der Waals surface area contributed by atoms with Crippen LogP contribution in [-0.2, 0) is 0 Å². The fourth-order valence-electron chi connectivity index (χ4n) is 3.93. The third-order valence-corrected chi connectivity index (χ3v) is 5.21. The Labute approximate surface area is 173 Å². The molecule has 0 radical (unpaired) electrons. The first-order chi connectivity index (χ1) is 14.1. The van der Waals surface area contributed by atoms with Crippen LogP contribution >= 0.6 is 0 Å². The molecule has 1 aliphatic rings. The van der Waals surface area contributed by atoms with Crippen LogP contribution in [0.15, 0.2) is 48.5 Å². The number of hydrogen-bond acceptors (Lipinski definition) is 3. The van der Waals surface area contributed by atoms with E-state index in [1.54, 1.807) is 0 Å². The van der Waals surface area contributed by atoms with Gasteiger partial charge in [0.25, 0.3) is 11.8 Å². The van der Waals surface area contributed by atoms with Gasteiger partial charge in [0.05, 0.1) is 0 Å². The molecule has 1 atom stereocenters. The second kappa shape index (κ2) is 9.59. The number of nitrogens with zero attached hydrogens (tertiary/aromatic N) is 2. The smallest absolute Gasteiger partial charge is 0.256 e. The highest BCUT2D eigenvalue weighted by Gasteiger charge is 2.35. The summed E-state index contributed by atoms with van der Waals surface area (Å²) >= 11 is 0. The molecule has 2 aromatic rings. The molecule has 0 fully saturated rings. The Balaban J connectivity index is 1.85. The van der Waals surface area contributed by atoms with Crippen molar-refractivity contribution in [2.45, 2.75) is 46.2 Å². The molecule has 1 aliphatic heterocycles. The van der Waals surface area contributed by atoms with Crippen molar-refractivity contribution in [3.63, 3.8) is 0 Å². The topological polar surface area (TPSA) is 52.7 Å². The van der Waals surface area contributed by atoms with Crippen molar-refractivity contribution in [1.82, 2.24) is 9.80 Å². The lowest BCUT2D eigenvalue weighted by Gasteiger charge is -2.27. The third kappa shape index (κ3) is 4.44. The quantitative estimate of drug-likeness (QED) is 0.657. The van der Waals surface area contributed by atoms with E-state index >= 15 is 0 Å². The number of hydrogen-bond donors (Lipinski definition) is 1. The van der Waals surface area contributed by atoms with E-state index in [2.05, 4.69) is 26.1 Å². The van der Waals surface area contributed by atoms with Gasteiger partial charge in [0, 0.05) is 42.0 Å². The van der Waals surface area contributed by atoms with Gasteiger partial charge in [0.15, 0.2) is 0 Å². The maximum absolute atomic E-state index is 13.0. The molecule has 0 spiro atoms. The van der Waals surface area contributed by atoms with Crippen molar-refractivity contribution >= 4 is 17.5 Å². The average molecular weight is 394 g/mol.